The summed E-state index contributed by atoms with van der Waals surface area (Å²) in [5.41, 5.74) is 2.30. The average Bonchev–Trinajstić information content (AvgIpc) is 2.89. The molecule has 3 rings (SSSR count). The fourth-order valence-electron chi connectivity index (χ4n) is 2.17. The van der Waals surface area contributed by atoms with Gasteiger partial charge in [-0.15, -0.1) is 0 Å². The second-order valence-corrected chi connectivity index (χ2v) is 4.77. The molecule has 0 bridgehead atoms. The summed E-state index contributed by atoms with van der Waals surface area (Å²) in [4.78, 5) is 15.3. The topological polar surface area (TPSA) is 80.0 Å². The van der Waals surface area contributed by atoms with Crippen molar-refractivity contribution in [2.24, 2.45) is 0 Å². The van der Waals surface area contributed by atoms with Gasteiger partial charge < -0.3 is 10.4 Å². The lowest BCUT2D eigenvalue weighted by Crippen LogP contribution is -2.06. The van der Waals surface area contributed by atoms with Gasteiger partial charge in [0.1, 0.15) is 5.82 Å². The summed E-state index contributed by atoms with van der Waals surface area (Å²) in [6, 6.07) is 12.9. The molecule has 1 aromatic carbocycles. The van der Waals surface area contributed by atoms with Gasteiger partial charge in [-0.25, -0.2) is 9.48 Å². The van der Waals surface area contributed by atoms with Crippen LogP contribution >= 0.6 is 0 Å². The van der Waals surface area contributed by atoms with Crippen LogP contribution in [0.2, 0.25) is 0 Å². The fraction of sp³-hybridized carbons (Fsp3) is 0.0625. The predicted molar refractivity (Wildman–Crippen MR) is 82.8 cm³/mol. The highest BCUT2D eigenvalue weighted by Crippen LogP contribution is 2.23. The zero-order valence-corrected chi connectivity index (χ0v) is 11.9. The molecule has 0 saturated heterocycles. The lowest BCUT2D eigenvalue weighted by molar-refractivity contribution is 0.0698. The minimum atomic E-state index is -1.01. The van der Waals surface area contributed by atoms with Gasteiger partial charge in [0.25, 0.3) is 0 Å². The lowest BCUT2D eigenvalue weighted by Gasteiger charge is -2.11. The van der Waals surface area contributed by atoms with Gasteiger partial charge >= 0.3 is 5.97 Å². The van der Waals surface area contributed by atoms with Crippen LogP contribution in [0.25, 0.3) is 5.69 Å². The summed E-state index contributed by atoms with van der Waals surface area (Å²) < 4.78 is 1.73. The van der Waals surface area contributed by atoms with E-state index >= 15 is 0 Å². The number of carboxylic acid groups (broad SMARTS) is 1. The number of benzene rings is 1. The van der Waals surface area contributed by atoms with Crippen LogP contribution in [-0.2, 0) is 0 Å². The van der Waals surface area contributed by atoms with E-state index in [2.05, 4.69) is 15.4 Å². The number of rotatable bonds is 4. The highest BCUT2D eigenvalue weighted by atomic mass is 16.4. The van der Waals surface area contributed by atoms with Crippen molar-refractivity contribution in [3.63, 3.8) is 0 Å². The van der Waals surface area contributed by atoms with Crippen LogP contribution in [0, 0.1) is 6.92 Å². The second-order valence-electron chi connectivity index (χ2n) is 4.77. The smallest absolute Gasteiger partial charge is 0.337 e. The first-order valence-corrected chi connectivity index (χ1v) is 6.71. The van der Waals surface area contributed by atoms with Crippen molar-refractivity contribution in [1.29, 1.82) is 0 Å². The normalized spacial score (nSPS) is 10.4. The molecular formula is C16H14N4O2. The van der Waals surface area contributed by atoms with Crippen LogP contribution in [0.1, 0.15) is 16.1 Å². The monoisotopic (exact) mass is 294 g/mol. The molecule has 110 valence electrons. The quantitative estimate of drug-likeness (QED) is 0.773. The Morgan fingerprint density at radius 1 is 1.23 bits per heavy atom. The summed E-state index contributed by atoms with van der Waals surface area (Å²) in [7, 11) is 0. The Hall–Kier alpha value is -3.15. The third-order valence-corrected chi connectivity index (χ3v) is 3.15. The van der Waals surface area contributed by atoms with Crippen molar-refractivity contribution in [2.45, 2.75) is 6.92 Å². The maximum absolute atomic E-state index is 11.3. The zero-order valence-electron chi connectivity index (χ0n) is 11.9. The van der Waals surface area contributed by atoms with E-state index in [1.807, 2.05) is 43.3 Å². The van der Waals surface area contributed by atoms with E-state index in [0.29, 0.717) is 11.5 Å². The third-order valence-electron chi connectivity index (χ3n) is 3.15. The molecule has 0 atom stereocenters. The molecular weight excluding hydrogens is 280 g/mol. The Kier molecular flexibility index (Phi) is 3.57. The standard InChI is InChI=1S/C16H14N4O2/c1-11-9-15(20(19-11)12-5-3-2-4-6-12)18-14-10-17-8-7-13(14)16(21)22/h2-10,18H,1H3,(H,21,22). The molecule has 0 aliphatic rings. The Morgan fingerprint density at radius 3 is 2.73 bits per heavy atom. The first-order chi connectivity index (χ1) is 10.6. The number of aromatic carboxylic acids is 1. The van der Waals surface area contributed by atoms with Crippen LogP contribution < -0.4 is 5.32 Å². The van der Waals surface area contributed by atoms with Crippen molar-refractivity contribution < 1.29 is 9.90 Å². The van der Waals surface area contributed by atoms with Gasteiger partial charge in [-0.3, -0.25) is 4.98 Å². The molecule has 6 heteroatoms. The van der Waals surface area contributed by atoms with Crippen molar-refractivity contribution >= 4 is 17.5 Å². The molecule has 2 N–H and O–H groups in total. The van der Waals surface area contributed by atoms with Crippen LogP contribution in [-0.4, -0.2) is 25.8 Å². The van der Waals surface area contributed by atoms with Crippen LogP contribution in [0.5, 0.6) is 0 Å². The van der Waals surface area contributed by atoms with Gasteiger partial charge in [-0.1, -0.05) is 18.2 Å². The highest BCUT2D eigenvalue weighted by molar-refractivity contribution is 5.94. The van der Waals surface area contributed by atoms with Gasteiger partial charge in [0.2, 0.25) is 0 Å². The zero-order chi connectivity index (χ0) is 15.5. The molecule has 0 aliphatic heterocycles. The van der Waals surface area contributed by atoms with E-state index in [1.54, 1.807) is 4.68 Å². The molecule has 22 heavy (non-hydrogen) atoms. The molecule has 0 spiro atoms. The molecule has 0 fully saturated rings. The maximum Gasteiger partial charge on any atom is 0.337 e. The molecule has 0 saturated carbocycles. The Balaban J connectivity index is 2.03. The molecule has 0 aliphatic carbocycles. The molecule has 0 amide bonds. The summed E-state index contributed by atoms with van der Waals surface area (Å²) in [6.45, 7) is 1.88. The number of carboxylic acids is 1. The predicted octanol–water partition coefficient (Wildman–Crippen LogP) is 3.02. The van der Waals surface area contributed by atoms with E-state index in [1.165, 1.54) is 18.5 Å². The molecule has 2 aromatic heterocycles. The molecule has 3 aromatic rings. The number of hydrogen-bond acceptors (Lipinski definition) is 4. The minimum absolute atomic E-state index is 0.161. The van der Waals surface area contributed by atoms with Gasteiger partial charge in [0.15, 0.2) is 0 Å². The Labute approximate surface area is 127 Å². The summed E-state index contributed by atoms with van der Waals surface area (Å²) in [5.74, 6) is -0.327. The summed E-state index contributed by atoms with van der Waals surface area (Å²) >= 11 is 0. The van der Waals surface area contributed by atoms with E-state index in [9.17, 15) is 9.90 Å². The summed E-state index contributed by atoms with van der Waals surface area (Å²) in [5, 5.41) is 16.8. The number of para-hydroxylation sites is 1. The van der Waals surface area contributed by atoms with E-state index in [4.69, 9.17) is 0 Å². The third kappa shape index (κ3) is 2.67. The van der Waals surface area contributed by atoms with Crippen molar-refractivity contribution in [1.82, 2.24) is 14.8 Å². The number of anilines is 2. The molecule has 6 nitrogen and oxygen atoms in total. The number of hydrogen-bond donors (Lipinski definition) is 2. The van der Waals surface area contributed by atoms with Gasteiger partial charge in [0, 0.05) is 12.3 Å². The maximum atomic E-state index is 11.3. The SMILES string of the molecule is Cc1cc(Nc2cnccc2C(=O)O)n(-c2ccccc2)n1. The first-order valence-electron chi connectivity index (χ1n) is 6.71. The van der Waals surface area contributed by atoms with Crippen LogP contribution in [0.3, 0.4) is 0 Å². The van der Waals surface area contributed by atoms with Crippen LogP contribution in [0.15, 0.2) is 54.9 Å². The fourth-order valence-corrected chi connectivity index (χ4v) is 2.17. The van der Waals surface area contributed by atoms with Crippen molar-refractivity contribution in [3.8, 4) is 5.69 Å². The van der Waals surface area contributed by atoms with Gasteiger partial charge in [0.05, 0.1) is 28.8 Å². The van der Waals surface area contributed by atoms with E-state index in [-0.39, 0.29) is 5.56 Å². The van der Waals surface area contributed by atoms with Gasteiger partial charge in [-0.05, 0) is 25.1 Å². The van der Waals surface area contributed by atoms with Crippen molar-refractivity contribution in [3.05, 3.63) is 66.1 Å². The number of carbonyl (C=O) groups is 1. The molecule has 2 heterocycles. The van der Waals surface area contributed by atoms with E-state index in [0.717, 1.165) is 11.4 Å². The number of aryl methyl sites for hydroxylation is 1. The average molecular weight is 294 g/mol. The van der Waals surface area contributed by atoms with E-state index < -0.39 is 5.97 Å². The van der Waals surface area contributed by atoms with Gasteiger partial charge in [-0.2, -0.15) is 5.10 Å². The minimum Gasteiger partial charge on any atom is -0.478 e. The number of pyridine rings is 1. The number of aromatic nitrogens is 3. The Morgan fingerprint density at radius 2 is 2.00 bits per heavy atom. The number of nitrogens with one attached hydrogen (secondary N) is 1. The van der Waals surface area contributed by atoms with Crippen LogP contribution in [0.4, 0.5) is 11.5 Å². The largest absolute Gasteiger partial charge is 0.478 e. The highest BCUT2D eigenvalue weighted by Gasteiger charge is 2.13. The Bertz CT molecular complexity index is 812. The van der Waals surface area contributed by atoms with Crippen molar-refractivity contribution in [2.75, 3.05) is 5.32 Å². The summed E-state index contributed by atoms with van der Waals surface area (Å²) in [6.07, 6.45) is 2.94. The first kappa shape index (κ1) is 13.8. The lowest BCUT2D eigenvalue weighted by atomic mass is 10.2. The molecule has 0 unspecified atom stereocenters. The second kappa shape index (κ2) is 5.69. The number of nitrogens with zero attached hydrogens (tertiary/aromatic N) is 3. The molecule has 0 radical (unpaired) electrons.